The Labute approximate surface area is 184 Å². The molecule has 1 N–H and O–H groups in total. The predicted octanol–water partition coefficient (Wildman–Crippen LogP) is 4.73. The Bertz CT molecular complexity index is 1030. The van der Waals surface area contributed by atoms with Crippen LogP contribution in [0, 0.1) is 0 Å². The number of methoxy groups -OCH3 is 1. The van der Waals surface area contributed by atoms with Crippen molar-refractivity contribution in [2.45, 2.75) is 38.9 Å². The number of pyridine rings is 1. The lowest BCUT2D eigenvalue weighted by molar-refractivity contribution is -0.119. The lowest BCUT2D eigenvalue weighted by Gasteiger charge is -2.25. The third kappa shape index (κ3) is 4.94. The number of hydrogen-bond donors (Lipinski definition) is 1. The van der Waals surface area contributed by atoms with Gasteiger partial charge in [-0.1, -0.05) is 48.5 Å². The van der Waals surface area contributed by atoms with Crippen LogP contribution in [-0.2, 0) is 17.9 Å². The van der Waals surface area contributed by atoms with Crippen LogP contribution in [-0.4, -0.2) is 29.4 Å². The van der Waals surface area contributed by atoms with E-state index in [2.05, 4.69) is 58.7 Å². The van der Waals surface area contributed by atoms with Crippen molar-refractivity contribution in [3.05, 3.63) is 83.7 Å². The van der Waals surface area contributed by atoms with Gasteiger partial charge in [-0.2, -0.15) is 0 Å². The molecule has 3 aromatic rings. The van der Waals surface area contributed by atoms with Crippen LogP contribution in [0.5, 0.6) is 5.75 Å². The maximum Gasteiger partial charge on any atom is 0.217 e. The van der Waals surface area contributed by atoms with E-state index in [0.29, 0.717) is 12.6 Å². The molecule has 1 aliphatic rings. The van der Waals surface area contributed by atoms with E-state index in [1.165, 1.54) is 18.1 Å². The Kier molecular flexibility index (Phi) is 6.63. The van der Waals surface area contributed by atoms with Crippen molar-refractivity contribution in [2.75, 3.05) is 13.7 Å². The molecule has 0 bridgehead atoms. The highest BCUT2D eigenvalue weighted by Gasteiger charge is 2.27. The normalized spacial score (nSPS) is 16.3. The SMILES string of the molecule is COc1ccccc1-c1ccccc1CN1CCCC1c1ccc(CNC(C)=O)cn1. The molecule has 1 aromatic heterocycles. The number of amides is 1. The highest BCUT2D eigenvalue weighted by atomic mass is 16.5. The molecule has 1 amide bonds. The van der Waals surface area contributed by atoms with Crippen LogP contribution in [0.3, 0.4) is 0 Å². The van der Waals surface area contributed by atoms with Gasteiger partial charge >= 0.3 is 0 Å². The summed E-state index contributed by atoms with van der Waals surface area (Å²) in [5.74, 6) is 0.865. The number of hydrogen-bond acceptors (Lipinski definition) is 4. The van der Waals surface area contributed by atoms with Gasteiger partial charge < -0.3 is 10.1 Å². The third-order valence-corrected chi connectivity index (χ3v) is 5.88. The quantitative estimate of drug-likeness (QED) is 0.606. The Hall–Kier alpha value is -3.18. The van der Waals surface area contributed by atoms with Gasteiger partial charge in [-0.15, -0.1) is 0 Å². The highest BCUT2D eigenvalue weighted by Crippen LogP contribution is 2.36. The minimum absolute atomic E-state index is 0.0280. The molecule has 5 nitrogen and oxygen atoms in total. The molecule has 1 saturated heterocycles. The molecule has 2 heterocycles. The molecule has 160 valence electrons. The summed E-state index contributed by atoms with van der Waals surface area (Å²) >= 11 is 0. The summed E-state index contributed by atoms with van der Waals surface area (Å²) in [6.07, 6.45) is 4.15. The van der Waals surface area contributed by atoms with E-state index in [1.54, 1.807) is 7.11 Å². The third-order valence-electron chi connectivity index (χ3n) is 5.88. The molecule has 0 spiro atoms. The lowest BCUT2D eigenvalue weighted by atomic mass is 9.98. The van der Waals surface area contributed by atoms with Crippen molar-refractivity contribution in [1.29, 1.82) is 0 Å². The van der Waals surface area contributed by atoms with Crippen LogP contribution < -0.4 is 10.1 Å². The van der Waals surface area contributed by atoms with E-state index in [1.807, 2.05) is 18.3 Å². The molecule has 0 aliphatic carbocycles. The van der Waals surface area contributed by atoms with Crippen LogP contribution in [0.15, 0.2) is 66.9 Å². The second-order valence-electron chi connectivity index (χ2n) is 7.99. The van der Waals surface area contributed by atoms with Crippen molar-refractivity contribution in [3.8, 4) is 16.9 Å². The summed E-state index contributed by atoms with van der Waals surface area (Å²) in [7, 11) is 1.72. The number of likely N-dealkylation sites (tertiary alicyclic amines) is 1. The van der Waals surface area contributed by atoms with Crippen molar-refractivity contribution >= 4 is 5.91 Å². The number of carbonyl (C=O) groups excluding carboxylic acids is 1. The molecule has 1 aliphatic heterocycles. The first-order valence-electron chi connectivity index (χ1n) is 10.8. The Balaban J connectivity index is 1.54. The van der Waals surface area contributed by atoms with Crippen LogP contribution in [0.4, 0.5) is 0 Å². The van der Waals surface area contributed by atoms with Crippen LogP contribution in [0.25, 0.3) is 11.1 Å². The van der Waals surface area contributed by atoms with Gasteiger partial charge in [0.2, 0.25) is 5.91 Å². The molecular formula is C26H29N3O2. The topological polar surface area (TPSA) is 54.5 Å². The summed E-state index contributed by atoms with van der Waals surface area (Å²) < 4.78 is 5.61. The number of para-hydroxylation sites is 1. The summed E-state index contributed by atoms with van der Waals surface area (Å²) in [5.41, 5.74) is 5.74. The molecule has 0 saturated carbocycles. The second-order valence-corrected chi connectivity index (χ2v) is 7.99. The van der Waals surface area contributed by atoms with Crippen LogP contribution in [0.2, 0.25) is 0 Å². The average molecular weight is 416 g/mol. The van der Waals surface area contributed by atoms with E-state index in [0.717, 1.165) is 48.5 Å². The Morgan fingerprint density at radius 1 is 1.10 bits per heavy atom. The molecule has 1 unspecified atom stereocenters. The summed E-state index contributed by atoms with van der Waals surface area (Å²) in [6.45, 7) is 3.97. The minimum atomic E-state index is -0.0280. The van der Waals surface area contributed by atoms with E-state index in [-0.39, 0.29) is 5.91 Å². The standard InChI is InChI=1S/C26H29N3O2/c1-19(30)27-16-20-13-14-24(28-17-20)25-11-7-15-29(25)18-21-8-3-4-9-22(21)23-10-5-6-12-26(23)31-2/h3-6,8-10,12-14,17,25H,7,11,15-16,18H2,1-2H3,(H,27,30). The highest BCUT2D eigenvalue weighted by molar-refractivity contribution is 5.73. The first kappa shape index (κ1) is 21.1. The second kappa shape index (κ2) is 9.75. The maximum absolute atomic E-state index is 11.1. The number of nitrogens with one attached hydrogen (secondary N) is 1. The van der Waals surface area contributed by atoms with Gasteiger partial charge in [0, 0.05) is 31.8 Å². The maximum atomic E-state index is 11.1. The van der Waals surface area contributed by atoms with Gasteiger partial charge in [-0.25, -0.2) is 0 Å². The van der Waals surface area contributed by atoms with E-state index in [4.69, 9.17) is 9.72 Å². The molecule has 31 heavy (non-hydrogen) atoms. The van der Waals surface area contributed by atoms with Crippen LogP contribution >= 0.6 is 0 Å². The molecule has 1 atom stereocenters. The van der Waals surface area contributed by atoms with Crippen molar-refractivity contribution < 1.29 is 9.53 Å². The Morgan fingerprint density at radius 3 is 2.61 bits per heavy atom. The van der Waals surface area contributed by atoms with Gasteiger partial charge in [0.25, 0.3) is 0 Å². The van der Waals surface area contributed by atoms with Crippen LogP contribution in [0.1, 0.15) is 42.6 Å². The number of benzene rings is 2. The number of aromatic nitrogens is 1. The first-order chi connectivity index (χ1) is 15.2. The number of carbonyl (C=O) groups is 1. The van der Waals surface area contributed by atoms with Gasteiger partial charge in [-0.05, 0) is 48.2 Å². The van der Waals surface area contributed by atoms with E-state index < -0.39 is 0 Å². The smallest absolute Gasteiger partial charge is 0.217 e. The lowest BCUT2D eigenvalue weighted by Crippen LogP contribution is -2.24. The fourth-order valence-electron chi connectivity index (χ4n) is 4.32. The van der Waals surface area contributed by atoms with Gasteiger partial charge in [0.1, 0.15) is 5.75 Å². The predicted molar refractivity (Wildman–Crippen MR) is 123 cm³/mol. The van der Waals surface area contributed by atoms with E-state index >= 15 is 0 Å². The zero-order chi connectivity index (χ0) is 21.6. The number of nitrogens with zero attached hydrogens (tertiary/aromatic N) is 2. The number of ether oxygens (including phenoxy) is 1. The van der Waals surface area contributed by atoms with Crippen molar-refractivity contribution in [3.63, 3.8) is 0 Å². The molecule has 5 heteroatoms. The fourth-order valence-corrected chi connectivity index (χ4v) is 4.32. The zero-order valence-electron chi connectivity index (χ0n) is 18.2. The monoisotopic (exact) mass is 415 g/mol. The molecule has 0 radical (unpaired) electrons. The fraction of sp³-hybridized carbons (Fsp3) is 0.308. The molecular weight excluding hydrogens is 386 g/mol. The summed E-state index contributed by atoms with van der Waals surface area (Å²) in [6, 6.07) is 21.2. The zero-order valence-corrected chi connectivity index (χ0v) is 18.2. The largest absolute Gasteiger partial charge is 0.496 e. The van der Waals surface area contributed by atoms with E-state index in [9.17, 15) is 4.79 Å². The average Bonchev–Trinajstić information content (AvgIpc) is 3.26. The molecule has 2 aromatic carbocycles. The first-order valence-corrected chi connectivity index (χ1v) is 10.8. The van der Waals surface area contributed by atoms with Gasteiger partial charge in [0.05, 0.1) is 18.8 Å². The van der Waals surface area contributed by atoms with Crippen molar-refractivity contribution in [1.82, 2.24) is 15.2 Å². The molecule has 1 fully saturated rings. The minimum Gasteiger partial charge on any atom is -0.496 e. The van der Waals surface area contributed by atoms with Gasteiger partial charge in [0.15, 0.2) is 0 Å². The number of rotatable bonds is 7. The summed E-state index contributed by atoms with van der Waals surface area (Å²) in [4.78, 5) is 18.4. The van der Waals surface area contributed by atoms with Gasteiger partial charge in [-0.3, -0.25) is 14.7 Å². The van der Waals surface area contributed by atoms with Crippen molar-refractivity contribution in [2.24, 2.45) is 0 Å². The molecule has 4 rings (SSSR count). The Morgan fingerprint density at radius 2 is 1.87 bits per heavy atom. The summed E-state index contributed by atoms with van der Waals surface area (Å²) in [5, 5.41) is 2.82.